The van der Waals surface area contributed by atoms with E-state index < -0.39 is 34.0 Å². The molecule has 1 atom stereocenters. The first-order chi connectivity index (χ1) is 66.2. The third kappa shape index (κ3) is 20.1. The average Bonchev–Trinajstić information content (AvgIpc) is 1.58. The van der Waals surface area contributed by atoms with E-state index in [0.29, 0.717) is 90.3 Å². The molecule has 14 heterocycles. The van der Waals surface area contributed by atoms with Crippen LogP contribution in [0, 0.1) is 34.7 Å². The van der Waals surface area contributed by atoms with Crippen LogP contribution in [0.5, 0.6) is 0 Å². The number of aliphatic hydroxyl groups is 1. The third-order valence-electron chi connectivity index (χ3n) is 25.9. The van der Waals surface area contributed by atoms with Crippen LogP contribution < -0.4 is 0 Å². The number of nitriles is 1. The molecule has 0 bridgehead atoms. The normalized spacial score (nSPS) is 16.7. The fraction of sp³-hybridized carbons (Fsp3) is 0.402. The number of aromatic amines is 1. The predicted molar refractivity (Wildman–Crippen MR) is 518 cm³/mol. The van der Waals surface area contributed by atoms with Gasteiger partial charge in [0, 0.05) is 96.9 Å². The molecule has 0 aliphatic carbocycles. The number of amides is 8. The molecule has 39 heteroatoms. The lowest BCUT2D eigenvalue weighted by Gasteiger charge is -2.47. The van der Waals surface area contributed by atoms with Gasteiger partial charge in [-0.1, -0.05) is 83.1 Å². The van der Waals surface area contributed by atoms with Crippen molar-refractivity contribution in [2.45, 2.75) is 195 Å². The Bertz CT molecular complexity index is 7170. The summed E-state index contributed by atoms with van der Waals surface area (Å²) in [6.07, 6.45) is 11.2. The second-order valence-corrected chi connectivity index (χ2v) is 41.8. The van der Waals surface area contributed by atoms with Crippen LogP contribution in [0.15, 0.2) is 174 Å². The Morgan fingerprint density at radius 2 is 0.766 bits per heavy atom. The standard InChI is InChI=1S/C27H30FN7O2.C26H32FN5O3.C25H27FN8O2.C24H25FN6O2/c1-26(2,3)19-12-20(17-6-8-18(28)9-7-17)32-35-14-22(31-23(19)35)25(37)34-11-10-33(15-27(34,4)5)24(36)21-13-29-16-30-21;1-16(15-33)30-11-12-31(26(5,6)24(30)35)23(34)21-14-32-22(28-21)19(25(2,3)4)13-20(29-32)17-7-9-18(27)10-8-17;1-24(2,3)17-12-18(15-6-8-16(26)9-7-15)31-34-13-19(29-20(17)34)21(35)33-11-10-32(22(36)25(33,4)5)23-27-14-28-30-23;1-23(2,3)17-12-18(15-6-8-16(25)9-7-15)28-31-13-19(27-20(17)31)21(32)30-11-10-29(14-26)22(33)24(30,4)5/h6-9,12-14,16H,10-11,15H2,1-5H3,(H,29,30);7-10,13-14,16,33H,11-12,15H2,1-6H3;6-9,12-13H,10-11,14H2,1-5H3;6-9,12-13H,10-11H2,1-5H3. The number of nitrogens with zero attached hydrogens (tertiary/aromatic N) is 25. The van der Waals surface area contributed by atoms with Gasteiger partial charge in [0.25, 0.3) is 41.4 Å². The number of H-pyrrole nitrogens is 1. The van der Waals surface area contributed by atoms with Crippen LogP contribution in [0.1, 0.15) is 220 Å². The van der Waals surface area contributed by atoms with E-state index >= 15 is 0 Å². The number of benzene rings is 4. The summed E-state index contributed by atoms with van der Waals surface area (Å²) in [7, 11) is 0. The number of aliphatic imine (C=N–C) groups is 1. The molecular formula is C102H114F4N26O9. The molecule has 2 N–H and O–H groups in total. The van der Waals surface area contributed by atoms with E-state index in [1.54, 1.807) is 155 Å². The van der Waals surface area contributed by atoms with Crippen LogP contribution in [-0.2, 0) is 36.0 Å². The van der Waals surface area contributed by atoms with Crippen molar-refractivity contribution >= 4 is 75.8 Å². The van der Waals surface area contributed by atoms with Gasteiger partial charge in [-0.3, -0.25) is 43.3 Å². The zero-order chi connectivity index (χ0) is 102. The van der Waals surface area contributed by atoms with Crippen molar-refractivity contribution in [3.63, 3.8) is 0 Å². The number of aliphatic hydroxyl groups excluding tert-OH is 1. The Morgan fingerprint density at radius 3 is 1.08 bits per heavy atom. The number of nitrogens with one attached hydrogen (secondary N) is 1. The van der Waals surface area contributed by atoms with Crippen molar-refractivity contribution in [1.82, 2.24) is 108 Å². The van der Waals surface area contributed by atoms with Gasteiger partial charge >= 0.3 is 0 Å². The number of guanidine groups is 1. The number of carbonyl (C=O) groups excluding carboxylic acids is 8. The molecule has 0 radical (unpaired) electrons. The van der Waals surface area contributed by atoms with Crippen LogP contribution in [-0.4, -0.2) is 266 Å². The Kier molecular flexibility index (Phi) is 26.9. The SMILES string of the molecule is CC(C)(C)c1cc(-c2ccc(F)cc2)nn2cc(C(=O)N3CCN(C#N)C(=O)C3(C)C)nc12.CC(C)(C)c1cc(-c2ccc(F)cc2)nn2cc(C(=O)N3CCN(C(=O)c4cnc[nH]4)CC3(C)C)nc12.CC(C)(C)c1cc(-c2ccc(F)cc2)nn2cc(C(=O)N3CCN(C4=NCN=N4)C(=O)C3(C)C)nc12.CC(CO)N1CCN(C(=O)c2cn3nc(-c4ccc(F)cc4)cc(C(C)(C)C)c3n2)C(C)(C)C1=O. The van der Waals surface area contributed by atoms with Gasteiger partial charge in [-0.15, -0.1) is 5.11 Å². The molecule has 0 spiro atoms. The molecule has 8 amide bonds. The Morgan fingerprint density at radius 1 is 0.440 bits per heavy atom. The fourth-order valence-electron chi connectivity index (χ4n) is 17.7. The van der Waals surface area contributed by atoms with Gasteiger partial charge in [0.1, 0.15) is 68.4 Å². The lowest BCUT2D eigenvalue weighted by atomic mass is 9.87. The molecule has 1 unspecified atom stereocenters. The molecule has 13 aromatic rings. The quantitative estimate of drug-likeness (QED) is 0.0897. The number of piperazine rings is 4. The van der Waals surface area contributed by atoms with Gasteiger partial charge in [0.2, 0.25) is 11.9 Å². The van der Waals surface area contributed by atoms with Crippen molar-refractivity contribution in [2.75, 3.05) is 72.2 Å². The summed E-state index contributed by atoms with van der Waals surface area (Å²) < 4.78 is 60.2. The average molecular weight is 1920 g/mol. The van der Waals surface area contributed by atoms with Crippen LogP contribution in [0.2, 0.25) is 0 Å². The largest absolute Gasteiger partial charge is 0.394 e. The number of halogens is 4. The Balaban J connectivity index is 0.000000142. The minimum atomic E-state index is -1.18. The van der Waals surface area contributed by atoms with Crippen molar-refractivity contribution in [3.05, 3.63) is 233 Å². The van der Waals surface area contributed by atoms with Crippen molar-refractivity contribution < 1.29 is 61.0 Å². The number of rotatable bonds is 11. The summed E-state index contributed by atoms with van der Waals surface area (Å²) in [5, 5.41) is 45.1. The highest BCUT2D eigenvalue weighted by atomic mass is 19.1. The van der Waals surface area contributed by atoms with E-state index in [2.05, 4.69) is 118 Å². The van der Waals surface area contributed by atoms with Gasteiger partial charge in [-0.05, 0) is 205 Å². The van der Waals surface area contributed by atoms with Crippen LogP contribution in [0.4, 0.5) is 17.6 Å². The number of azo groups is 1. The molecule has 5 aliphatic rings. The van der Waals surface area contributed by atoms with E-state index in [0.717, 1.165) is 49.4 Å². The first kappa shape index (κ1) is 100. The van der Waals surface area contributed by atoms with E-state index in [1.165, 1.54) is 80.7 Å². The maximum Gasteiger partial charge on any atom is 0.275 e. The van der Waals surface area contributed by atoms with Crippen LogP contribution in [0.3, 0.4) is 0 Å². The monoisotopic (exact) mass is 1920 g/mol. The number of hydrogen-bond donors (Lipinski definition) is 2. The van der Waals surface area contributed by atoms with Crippen molar-refractivity contribution in [1.29, 1.82) is 5.26 Å². The van der Waals surface area contributed by atoms with Gasteiger partial charge in [-0.25, -0.2) is 70.4 Å². The molecule has 734 valence electrons. The van der Waals surface area contributed by atoms with Crippen molar-refractivity contribution in [3.8, 4) is 51.2 Å². The molecule has 0 saturated carbocycles. The predicted octanol–water partition coefficient (Wildman–Crippen LogP) is 14.3. The molecule has 4 aromatic carbocycles. The van der Waals surface area contributed by atoms with Gasteiger partial charge in [0.05, 0.1) is 84.8 Å². The second-order valence-electron chi connectivity index (χ2n) is 41.8. The van der Waals surface area contributed by atoms with Crippen molar-refractivity contribution in [2.24, 2.45) is 15.2 Å². The molecule has 5 aliphatic heterocycles. The zero-order valence-electron chi connectivity index (χ0n) is 82.8. The minimum Gasteiger partial charge on any atom is -0.394 e. The Hall–Kier alpha value is -15.2. The highest BCUT2D eigenvalue weighted by Crippen LogP contribution is 2.39. The summed E-state index contributed by atoms with van der Waals surface area (Å²) >= 11 is 0. The zero-order valence-corrected chi connectivity index (χ0v) is 82.8. The molecular weight excluding hydrogens is 1810 g/mol. The van der Waals surface area contributed by atoms with E-state index in [4.69, 9.17) is 10.1 Å². The first-order valence-corrected chi connectivity index (χ1v) is 46.3. The molecule has 18 rings (SSSR count). The van der Waals surface area contributed by atoms with E-state index in [9.17, 15) is 66.3 Å². The maximum atomic E-state index is 13.7. The second kappa shape index (κ2) is 37.8. The number of aromatic nitrogens is 14. The number of carbonyl (C=O) groups is 8. The summed E-state index contributed by atoms with van der Waals surface area (Å²) in [5.74, 6) is -3.42. The maximum absolute atomic E-state index is 13.7. The highest BCUT2D eigenvalue weighted by molar-refractivity contribution is 6.06. The number of imidazole rings is 5. The van der Waals surface area contributed by atoms with Crippen LogP contribution in [0.25, 0.3) is 67.6 Å². The minimum absolute atomic E-state index is 0.137. The molecule has 4 saturated heterocycles. The lowest BCUT2D eigenvalue weighted by Crippen LogP contribution is -2.66. The van der Waals surface area contributed by atoms with Crippen LogP contribution >= 0.6 is 0 Å². The summed E-state index contributed by atoms with van der Waals surface area (Å²) in [4.78, 5) is 148. The van der Waals surface area contributed by atoms with Gasteiger partial charge < -0.3 is 39.5 Å². The summed E-state index contributed by atoms with van der Waals surface area (Å²) in [5.41, 5.74) is 7.49. The number of fused-ring (bicyclic) bond motifs is 4. The highest BCUT2D eigenvalue weighted by Gasteiger charge is 2.50. The van der Waals surface area contributed by atoms with Gasteiger partial charge in [0.15, 0.2) is 35.5 Å². The smallest absolute Gasteiger partial charge is 0.275 e. The lowest BCUT2D eigenvalue weighted by molar-refractivity contribution is -0.150. The Labute approximate surface area is 812 Å². The van der Waals surface area contributed by atoms with E-state index in [-0.39, 0.29) is 148 Å². The van der Waals surface area contributed by atoms with Gasteiger partial charge in [-0.2, -0.15) is 30.8 Å². The molecule has 9 aromatic heterocycles. The molecule has 141 heavy (non-hydrogen) atoms. The summed E-state index contributed by atoms with van der Waals surface area (Å²) in [6, 6.07) is 31.8. The topological polar surface area (TPSA) is 393 Å². The van der Waals surface area contributed by atoms with E-state index in [1.807, 2.05) is 65.1 Å². The third-order valence-corrected chi connectivity index (χ3v) is 25.9. The molecule has 35 nitrogen and oxygen atoms in total. The first-order valence-electron chi connectivity index (χ1n) is 46.3. The fourth-order valence-corrected chi connectivity index (χ4v) is 17.7. The number of hydrogen-bond acceptors (Lipinski definition) is 22. The summed E-state index contributed by atoms with van der Waals surface area (Å²) in [6.45, 7) is 43.2. The molecule has 4 fully saturated rings.